The number of rotatable bonds is 3. The number of benzene rings is 1. The summed E-state index contributed by atoms with van der Waals surface area (Å²) >= 11 is 0. The third-order valence-electron chi connectivity index (χ3n) is 4.03. The van der Waals surface area contributed by atoms with E-state index in [9.17, 15) is 14.7 Å². The number of H-pyrrole nitrogens is 1. The van der Waals surface area contributed by atoms with Gasteiger partial charge in [0.05, 0.1) is 24.0 Å². The van der Waals surface area contributed by atoms with Gasteiger partial charge >= 0.3 is 5.97 Å². The molecule has 1 aromatic heterocycles. The van der Waals surface area contributed by atoms with Crippen LogP contribution in [0.15, 0.2) is 18.2 Å². The smallest absolute Gasteiger partial charge is 0.314 e. The van der Waals surface area contributed by atoms with E-state index in [1.165, 1.54) is 6.07 Å². The summed E-state index contributed by atoms with van der Waals surface area (Å²) in [5.41, 5.74) is 2.49. The molecule has 0 fully saturated rings. The van der Waals surface area contributed by atoms with Gasteiger partial charge in [0.15, 0.2) is 0 Å². The van der Waals surface area contributed by atoms with Crippen molar-refractivity contribution in [3.05, 3.63) is 35.0 Å². The van der Waals surface area contributed by atoms with E-state index in [-0.39, 0.29) is 17.5 Å². The number of esters is 1. The molecule has 0 radical (unpaired) electrons. The monoisotopic (exact) mass is 286 g/mol. The minimum Gasteiger partial charge on any atom is -0.545 e. The van der Waals surface area contributed by atoms with Crippen molar-refractivity contribution in [1.29, 1.82) is 0 Å². The Morgan fingerprint density at radius 3 is 2.95 bits per heavy atom. The number of carbonyl (C=O) groups is 2. The molecule has 21 heavy (non-hydrogen) atoms. The van der Waals surface area contributed by atoms with Gasteiger partial charge in [0.2, 0.25) is 0 Å². The lowest BCUT2D eigenvalue weighted by atomic mass is 9.86. The highest BCUT2D eigenvalue weighted by atomic mass is 16.5. The zero-order valence-electron chi connectivity index (χ0n) is 11.8. The molecule has 0 amide bonds. The normalized spacial score (nSPS) is 17.5. The van der Waals surface area contributed by atoms with E-state index in [4.69, 9.17) is 4.74 Å². The predicted octanol–water partition coefficient (Wildman–Crippen LogP) is 1.51. The summed E-state index contributed by atoms with van der Waals surface area (Å²) < 4.78 is 5.12. The van der Waals surface area contributed by atoms with Crippen molar-refractivity contribution < 1.29 is 19.4 Å². The molecule has 2 aromatic rings. The summed E-state index contributed by atoms with van der Waals surface area (Å²) in [4.78, 5) is 26.4. The number of aromatic carboxylic acids is 1. The van der Waals surface area contributed by atoms with Crippen LogP contribution in [-0.4, -0.2) is 23.5 Å². The van der Waals surface area contributed by atoms with Crippen LogP contribution in [0, 0.1) is 0 Å². The number of carboxylic acids is 1. The fourth-order valence-corrected chi connectivity index (χ4v) is 3.14. The van der Waals surface area contributed by atoms with Gasteiger partial charge in [-0.3, -0.25) is 4.79 Å². The second-order valence-corrected chi connectivity index (χ2v) is 5.23. The van der Waals surface area contributed by atoms with Crippen LogP contribution in [-0.2, 0) is 16.0 Å². The molecule has 1 aliphatic carbocycles. The Balaban J connectivity index is 2.16. The third-order valence-corrected chi connectivity index (χ3v) is 4.03. The number of hydrogen-bond donors (Lipinski definition) is 1. The van der Waals surface area contributed by atoms with Gasteiger partial charge in [-0.2, -0.15) is 0 Å². The van der Waals surface area contributed by atoms with E-state index >= 15 is 0 Å². The highest BCUT2D eigenvalue weighted by Crippen LogP contribution is 2.37. The van der Waals surface area contributed by atoms with Gasteiger partial charge in [-0.05, 0) is 31.7 Å². The number of ether oxygens (including phenoxy) is 1. The molecule has 0 bridgehead atoms. The largest absolute Gasteiger partial charge is 0.545 e. The van der Waals surface area contributed by atoms with Crippen molar-refractivity contribution in [3.63, 3.8) is 0 Å². The lowest BCUT2D eigenvalue weighted by Gasteiger charge is -2.20. The SMILES string of the molecule is CCOC(=O)C1CCCc2c1[nH]c1c(C(=O)[O-])cccc21. The second-order valence-electron chi connectivity index (χ2n) is 5.23. The van der Waals surface area contributed by atoms with Crippen LogP contribution in [0.4, 0.5) is 0 Å². The first-order valence-corrected chi connectivity index (χ1v) is 7.15. The van der Waals surface area contributed by atoms with E-state index in [1.54, 1.807) is 13.0 Å². The number of fused-ring (bicyclic) bond motifs is 3. The van der Waals surface area contributed by atoms with Crippen LogP contribution in [0.25, 0.3) is 10.9 Å². The molecule has 3 rings (SSSR count). The molecular weight excluding hydrogens is 270 g/mol. The Morgan fingerprint density at radius 2 is 2.24 bits per heavy atom. The number of aromatic nitrogens is 1. The topological polar surface area (TPSA) is 82.2 Å². The quantitative estimate of drug-likeness (QED) is 0.867. The Hall–Kier alpha value is -2.30. The Labute approximate surface area is 121 Å². The molecule has 5 nitrogen and oxygen atoms in total. The van der Waals surface area contributed by atoms with E-state index in [2.05, 4.69) is 4.98 Å². The summed E-state index contributed by atoms with van der Waals surface area (Å²) in [5, 5.41) is 12.1. The molecule has 0 saturated carbocycles. The first-order valence-electron chi connectivity index (χ1n) is 7.15. The van der Waals surface area contributed by atoms with Gasteiger partial charge in [0.25, 0.3) is 0 Å². The molecule has 0 saturated heterocycles. The standard InChI is InChI=1S/C16H17NO4/c1-2-21-16(20)12-8-4-6-10-9-5-3-7-11(15(18)19)13(9)17-14(10)12/h3,5,7,12,17H,2,4,6,8H2,1H3,(H,18,19)/p-1. The minimum atomic E-state index is -1.22. The van der Waals surface area contributed by atoms with E-state index in [0.717, 1.165) is 35.9 Å². The summed E-state index contributed by atoms with van der Waals surface area (Å²) in [7, 11) is 0. The van der Waals surface area contributed by atoms with Crippen molar-refractivity contribution in [1.82, 2.24) is 4.98 Å². The molecule has 1 atom stereocenters. The maximum atomic E-state index is 12.1. The molecular formula is C16H16NO4-. The average Bonchev–Trinajstić information content (AvgIpc) is 2.85. The average molecular weight is 286 g/mol. The van der Waals surface area contributed by atoms with Gasteiger partial charge in [-0.1, -0.05) is 18.2 Å². The summed E-state index contributed by atoms with van der Waals surface area (Å²) in [6.07, 6.45) is 2.44. The summed E-state index contributed by atoms with van der Waals surface area (Å²) in [6.45, 7) is 2.12. The fraction of sp³-hybridized carbons (Fsp3) is 0.375. The number of aryl methyl sites for hydroxylation is 1. The number of aromatic amines is 1. The maximum absolute atomic E-state index is 12.1. The van der Waals surface area contributed by atoms with Crippen LogP contribution in [0.3, 0.4) is 0 Å². The van der Waals surface area contributed by atoms with Crippen molar-refractivity contribution >= 4 is 22.8 Å². The highest BCUT2D eigenvalue weighted by Gasteiger charge is 2.30. The maximum Gasteiger partial charge on any atom is 0.314 e. The van der Waals surface area contributed by atoms with Gasteiger partial charge in [0.1, 0.15) is 0 Å². The Morgan fingerprint density at radius 1 is 1.43 bits per heavy atom. The van der Waals surface area contributed by atoms with Crippen LogP contribution in [0.5, 0.6) is 0 Å². The van der Waals surface area contributed by atoms with Crippen LogP contribution in [0.2, 0.25) is 0 Å². The van der Waals surface area contributed by atoms with Crippen molar-refractivity contribution in [2.75, 3.05) is 6.61 Å². The van der Waals surface area contributed by atoms with Gasteiger partial charge < -0.3 is 19.6 Å². The second kappa shape index (κ2) is 5.24. The zero-order chi connectivity index (χ0) is 15.0. The lowest BCUT2D eigenvalue weighted by Crippen LogP contribution is -2.22. The first-order chi connectivity index (χ1) is 10.1. The van der Waals surface area contributed by atoms with Crippen LogP contribution >= 0.6 is 0 Å². The Bertz CT molecular complexity index is 716. The van der Waals surface area contributed by atoms with Crippen molar-refractivity contribution in [2.45, 2.75) is 32.1 Å². The van der Waals surface area contributed by atoms with Crippen molar-refractivity contribution in [2.24, 2.45) is 0 Å². The van der Waals surface area contributed by atoms with Gasteiger partial charge in [-0.15, -0.1) is 0 Å². The number of nitrogens with one attached hydrogen (secondary N) is 1. The van der Waals surface area contributed by atoms with Gasteiger partial charge in [-0.25, -0.2) is 0 Å². The summed E-state index contributed by atoms with van der Waals surface area (Å²) in [5.74, 6) is -1.80. The Kier molecular flexibility index (Phi) is 3.41. The number of para-hydroxylation sites is 1. The van der Waals surface area contributed by atoms with E-state index < -0.39 is 5.97 Å². The molecule has 1 N–H and O–H groups in total. The number of carboxylic acid groups (broad SMARTS) is 1. The van der Waals surface area contributed by atoms with E-state index in [0.29, 0.717) is 12.1 Å². The van der Waals surface area contributed by atoms with Crippen LogP contribution in [0.1, 0.15) is 47.3 Å². The van der Waals surface area contributed by atoms with Crippen LogP contribution < -0.4 is 5.11 Å². The lowest BCUT2D eigenvalue weighted by molar-refractivity contribution is -0.254. The first kappa shape index (κ1) is 13.7. The highest BCUT2D eigenvalue weighted by molar-refractivity contribution is 6.03. The summed E-state index contributed by atoms with van der Waals surface area (Å²) in [6, 6.07) is 5.10. The zero-order valence-corrected chi connectivity index (χ0v) is 11.8. The molecule has 110 valence electrons. The van der Waals surface area contributed by atoms with Crippen molar-refractivity contribution in [3.8, 4) is 0 Å². The van der Waals surface area contributed by atoms with Gasteiger partial charge in [0, 0.05) is 16.6 Å². The number of carbonyl (C=O) groups excluding carboxylic acids is 2. The third kappa shape index (κ3) is 2.18. The van der Waals surface area contributed by atoms with E-state index in [1.807, 2.05) is 6.07 Å². The molecule has 0 spiro atoms. The predicted molar refractivity (Wildman–Crippen MR) is 74.9 cm³/mol. The molecule has 1 aliphatic rings. The molecule has 1 aromatic carbocycles. The fourth-order valence-electron chi connectivity index (χ4n) is 3.14. The minimum absolute atomic E-state index is 0.129. The number of hydrogen-bond acceptors (Lipinski definition) is 4. The molecule has 1 unspecified atom stereocenters. The molecule has 1 heterocycles. The molecule has 5 heteroatoms. The molecule has 0 aliphatic heterocycles.